The van der Waals surface area contributed by atoms with Crippen LogP contribution in [-0.4, -0.2) is 5.17 Å². The Labute approximate surface area is 109 Å². The predicted molar refractivity (Wildman–Crippen MR) is 50.4 cm³/mol. The van der Waals surface area contributed by atoms with Crippen LogP contribution in [-0.2, 0) is 12.6 Å². The predicted octanol–water partition coefficient (Wildman–Crippen LogP) is -1.37. The van der Waals surface area contributed by atoms with Gasteiger partial charge >= 0.3 is 29.6 Å². The summed E-state index contributed by atoms with van der Waals surface area (Å²) in [5, 5.41) is 10.8. The van der Waals surface area contributed by atoms with E-state index in [4.69, 9.17) is 5.26 Å². The molecular weight excluding hydrogens is 212 g/mol. The first kappa shape index (κ1) is 13.3. The number of anilines is 1. The molecule has 0 aliphatic rings. The van der Waals surface area contributed by atoms with Crippen LogP contribution in [0.15, 0.2) is 29.3 Å². The molecule has 0 aromatic heterocycles. The molecule has 0 bridgehead atoms. The molecule has 6 heteroatoms. The minimum Gasteiger partial charge on any atom is -0.742 e. The number of hydrogen-bond acceptors (Lipinski definition) is 3. The van der Waals surface area contributed by atoms with Crippen molar-refractivity contribution in [2.24, 2.45) is 4.99 Å². The van der Waals surface area contributed by atoms with E-state index in [9.17, 15) is 4.39 Å². The second kappa shape index (κ2) is 6.74. The average molecular weight is 217 g/mol. The largest absolute Gasteiger partial charge is 1.00 e. The van der Waals surface area contributed by atoms with Crippen molar-refractivity contribution in [3.05, 3.63) is 30.1 Å². The minimum absolute atomic E-state index is 0. The topological polar surface area (TPSA) is 48.2 Å². The van der Waals surface area contributed by atoms with E-state index in [1.54, 1.807) is 6.07 Å². The van der Waals surface area contributed by atoms with Crippen LogP contribution in [0.3, 0.4) is 0 Å². The van der Waals surface area contributed by atoms with Crippen LogP contribution in [0, 0.1) is 17.3 Å². The minimum atomic E-state index is -0.371. The molecule has 0 saturated carbocycles. The van der Waals surface area contributed by atoms with Gasteiger partial charge in [0.05, 0.1) is 0 Å². The molecular formula is C8H5FN3NaS. The van der Waals surface area contributed by atoms with Gasteiger partial charge in [-0.15, -0.1) is 0 Å². The summed E-state index contributed by atoms with van der Waals surface area (Å²) in [6, 6.07) is 5.74. The zero-order valence-electron chi connectivity index (χ0n) is 7.49. The zero-order chi connectivity index (χ0) is 9.68. The fourth-order valence-electron chi connectivity index (χ4n) is 0.763. The Morgan fingerprint density at radius 3 is 2.86 bits per heavy atom. The summed E-state index contributed by atoms with van der Waals surface area (Å²) in [6.07, 6.45) is 1.53. The van der Waals surface area contributed by atoms with Gasteiger partial charge in [0, 0.05) is 5.69 Å². The third kappa shape index (κ3) is 4.53. The molecule has 0 saturated heterocycles. The number of rotatable bonds is 1. The van der Waals surface area contributed by atoms with E-state index >= 15 is 0 Å². The Morgan fingerprint density at radius 1 is 1.57 bits per heavy atom. The van der Waals surface area contributed by atoms with Crippen LogP contribution in [0.2, 0.25) is 0 Å². The smallest absolute Gasteiger partial charge is 0.742 e. The number of hydrogen-bond donors (Lipinski definition) is 1. The Morgan fingerprint density at radius 2 is 2.29 bits per heavy atom. The number of amidine groups is 1. The van der Waals surface area contributed by atoms with Gasteiger partial charge < -0.3 is 17.9 Å². The second-order valence-electron chi connectivity index (χ2n) is 2.15. The maximum absolute atomic E-state index is 12.6. The van der Waals surface area contributed by atoms with Gasteiger partial charge in [0.1, 0.15) is 5.82 Å². The number of nitriles is 1. The summed E-state index contributed by atoms with van der Waals surface area (Å²) in [5.41, 5.74) is 0.476. The fraction of sp³-hybridized carbons (Fsp3) is 0. The molecule has 1 N–H and O–H groups in total. The molecule has 1 aromatic carbocycles. The first-order valence-corrected chi connectivity index (χ1v) is 3.79. The van der Waals surface area contributed by atoms with Crippen molar-refractivity contribution in [3.63, 3.8) is 0 Å². The standard InChI is InChI=1S/C8H6FN3S.Na/c9-6-2-1-3-7(4-6)12-8(13)11-5-10;/h1-4H,(H2,11,12,13);/q;+1/p-1. The van der Waals surface area contributed by atoms with Crippen LogP contribution >= 0.6 is 0 Å². The third-order valence-corrected chi connectivity index (χ3v) is 1.42. The Bertz CT molecular complexity index is 375. The number of halogens is 1. The van der Waals surface area contributed by atoms with E-state index in [2.05, 4.69) is 22.9 Å². The van der Waals surface area contributed by atoms with Gasteiger partial charge in [-0.05, 0) is 23.4 Å². The zero-order valence-corrected chi connectivity index (χ0v) is 10.3. The van der Waals surface area contributed by atoms with E-state index in [-0.39, 0.29) is 40.5 Å². The molecule has 14 heavy (non-hydrogen) atoms. The van der Waals surface area contributed by atoms with Crippen molar-refractivity contribution in [3.8, 4) is 6.19 Å². The molecule has 1 aromatic rings. The Hall–Kier alpha value is -0.670. The first-order valence-electron chi connectivity index (χ1n) is 3.39. The molecule has 1 rings (SSSR count). The summed E-state index contributed by atoms with van der Waals surface area (Å²) in [5.74, 6) is -0.371. The van der Waals surface area contributed by atoms with Gasteiger partial charge in [-0.25, -0.2) is 4.39 Å². The molecule has 3 nitrogen and oxygen atoms in total. The van der Waals surface area contributed by atoms with Crippen molar-refractivity contribution < 1.29 is 33.9 Å². The van der Waals surface area contributed by atoms with E-state index in [1.807, 2.05) is 0 Å². The van der Waals surface area contributed by atoms with Gasteiger partial charge in [-0.3, -0.25) is 0 Å². The first-order chi connectivity index (χ1) is 6.22. The second-order valence-corrected chi connectivity index (χ2v) is 2.54. The van der Waals surface area contributed by atoms with Gasteiger partial charge in [0.2, 0.25) is 6.19 Å². The normalized spacial score (nSPS) is 9.86. The van der Waals surface area contributed by atoms with Crippen molar-refractivity contribution >= 4 is 23.5 Å². The van der Waals surface area contributed by atoms with E-state index in [0.29, 0.717) is 5.69 Å². The molecule has 0 aliphatic carbocycles. The molecule has 0 atom stereocenters. The van der Waals surface area contributed by atoms with Gasteiger partial charge in [0.25, 0.3) is 0 Å². The van der Waals surface area contributed by atoms with E-state index in [0.717, 1.165) is 0 Å². The van der Waals surface area contributed by atoms with E-state index < -0.39 is 0 Å². The van der Waals surface area contributed by atoms with E-state index in [1.165, 1.54) is 24.4 Å². The maximum atomic E-state index is 12.6. The molecule has 0 unspecified atom stereocenters. The van der Waals surface area contributed by atoms with Crippen LogP contribution in [0.4, 0.5) is 10.1 Å². The number of nitrogens with zero attached hydrogens (tertiary/aromatic N) is 2. The van der Waals surface area contributed by atoms with Crippen LogP contribution in [0.5, 0.6) is 0 Å². The number of nitrogens with one attached hydrogen (secondary N) is 1. The molecule has 0 spiro atoms. The van der Waals surface area contributed by atoms with Crippen LogP contribution in [0.25, 0.3) is 0 Å². The summed E-state index contributed by atoms with van der Waals surface area (Å²) < 4.78 is 12.6. The van der Waals surface area contributed by atoms with Crippen LogP contribution < -0.4 is 34.9 Å². The van der Waals surface area contributed by atoms with Crippen molar-refractivity contribution in [1.82, 2.24) is 0 Å². The van der Waals surface area contributed by atoms with Crippen molar-refractivity contribution in [1.29, 1.82) is 5.26 Å². The van der Waals surface area contributed by atoms with Crippen molar-refractivity contribution in [2.75, 3.05) is 5.32 Å². The third-order valence-electron chi connectivity index (χ3n) is 1.23. The summed E-state index contributed by atoms with van der Waals surface area (Å²) in [4.78, 5) is 3.25. The van der Waals surface area contributed by atoms with Crippen molar-refractivity contribution in [2.45, 2.75) is 0 Å². The van der Waals surface area contributed by atoms with Gasteiger partial charge in [-0.1, -0.05) is 6.07 Å². The quantitative estimate of drug-likeness (QED) is 0.207. The monoisotopic (exact) mass is 217 g/mol. The van der Waals surface area contributed by atoms with Gasteiger partial charge in [0.15, 0.2) is 0 Å². The van der Waals surface area contributed by atoms with Crippen LogP contribution in [0.1, 0.15) is 0 Å². The summed E-state index contributed by atoms with van der Waals surface area (Å²) in [7, 11) is 0. The summed E-state index contributed by atoms with van der Waals surface area (Å²) in [6.45, 7) is 0. The number of aliphatic imine (C=N–C) groups is 1. The molecule has 0 heterocycles. The molecule has 66 valence electrons. The fourth-order valence-corrected chi connectivity index (χ4v) is 0.922. The molecule has 0 fully saturated rings. The molecule has 0 amide bonds. The van der Waals surface area contributed by atoms with Gasteiger partial charge in [-0.2, -0.15) is 10.3 Å². The Kier molecular flexibility index (Phi) is 6.41. The average Bonchev–Trinajstić information content (AvgIpc) is 2.04. The maximum Gasteiger partial charge on any atom is 1.00 e. The Balaban J connectivity index is 0.00000169. The summed E-state index contributed by atoms with van der Waals surface area (Å²) >= 11 is 4.66. The molecule has 0 aliphatic heterocycles. The number of benzene rings is 1. The SMILES string of the molecule is N#C/N=C(\[S-])Nc1cccc(F)c1.[Na+]. The molecule has 0 radical (unpaired) electrons.